The van der Waals surface area contributed by atoms with Crippen molar-refractivity contribution in [2.24, 2.45) is 0 Å². The Balaban J connectivity index is 1.66. The number of nitrogens with zero attached hydrogens (tertiary/aromatic N) is 2. The van der Waals surface area contributed by atoms with Crippen LogP contribution >= 0.6 is 0 Å². The highest BCUT2D eigenvalue weighted by molar-refractivity contribution is 5.94. The van der Waals surface area contributed by atoms with Crippen molar-refractivity contribution < 1.29 is 4.79 Å². The summed E-state index contributed by atoms with van der Waals surface area (Å²) in [5, 5.41) is 3.31. The monoisotopic (exact) mass is 281 g/mol. The summed E-state index contributed by atoms with van der Waals surface area (Å²) in [4.78, 5) is 18.4. The van der Waals surface area contributed by atoms with Crippen molar-refractivity contribution in [3.05, 3.63) is 59.9 Å². The molecule has 1 N–H and O–H groups in total. The predicted molar refractivity (Wildman–Crippen MR) is 83.1 cm³/mol. The lowest BCUT2D eigenvalue weighted by molar-refractivity contribution is 0.0792. The van der Waals surface area contributed by atoms with Gasteiger partial charge in [-0.15, -0.1) is 0 Å². The number of aromatic nitrogens is 1. The average Bonchev–Trinajstić information content (AvgIpc) is 3.08. The van der Waals surface area contributed by atoms with Crippen LogP contribution in [0.3, 0.4) is 0 Å². The van der Waals surface area contributed by atoms with Crippen molar-refractivity contribution >= 4 is 11.6 Å². The fourth-order valence-corrected chi connectivity index (χ4v) is 2.56. The number of amides is 1. The van der Waals surface area contributed by atoms with Gasteiger partial charge in [0.1, 0.15) is 0 Å². The molecule has 0 saturated carbocycles. The zero-order valence-corrected chi connectivity index (χ0v) is 12.0. The van der Waals surface area contributed by atoms with E-state index in [0.717, 1.165) is 38.2 Å². The highest BCUT2D eigenvalue weighted by Crippen LogP contribution is 2.15. The molecule has 0 aliphatic carbocycles. The van der Waals surface area contributed by atoms with Gasteiger partial charge in [-0.1, -0.05) is 30.3 Å². The lowest BCUT2D eigenvalue weighted by atomic mass is 10.2. The van der Waals surface area contributed by atoms with Crippen LogP contribution < -0.4 is 5.32 Å². The van der Waals surface area contributed by atoms with Crippen LogP contribution in [0.4, 0.5) is 5.69 Å². The van der Waals surface area contributed by atoms with Crippen molar-refractivity contribution in [2.75, 3.05) is 18.4 Å². The molecule has 1 amide bonds. The molecule has 4 heteroatoms. The molecule has 3 rings (SSSR count). The first-order chi connectivity index (χ1) is 10.3. The molecular formula is C17H19N3O. The lowest BCUT2D eigenvalue weighted by Gasteiger charge is -2.15. The Morgan fingerprint density at radius 3 is 2.67 bits per heavy atom. The number of benzene rings is 1. The Kier molecular flexibility index (Phi) is 4.15. The van der Waals surface area contributed by atoms with Gasteiger partial charge >= 0.3 is 0 Å². The van der Waals surface area contributed by atoms with Gasteiger partial charge < -0.3 is 10.2 Å². The second-order valence-electron chi connectivity index (χ2n) is 5.30. The maximum Gasteiger partial charge on any atom is 0.255 e. The van der Waals surface area contributed by atoms with E-state index in [9.17, 15) is 4.79 Å². The number of anilines is 1. The molecule has 1 aromatic carbocycles. The van der Waals surface area contributed by atoms with E-state index in [4.69, 9.17) is 0 Å². The molecule has 2 aromatic rings. The minimum absolute atomic E-state index is 0.0864. The normalized spacial score (nSPS) is 14.2. The van der Waals surface area contributed by atoms with Gasteiger partial charge in [0, 0.05) is 32.0 Å². The van der Waals surface area contributed by atoms with Crippen LogP contribution in [0.25, 0.3) is 0 Å². The third-order valence-corrected chi connectivity index (χ3v) is 3.72. The number of pyridine rings is 1. The van der Waals surface area contributed by atoms with Crippen molar-refractivity contribution in [3.8, 4) is 0 Å². The Labute approximate surface area is 124 Å². The quantitative estimate of drug-likeness (QED) is 0.937. The molecular weight excluding hydrogens is 262 g/mol. The molecule has 108 valence electrons. The Hall–Kier alpha value is -2.36. The number of hydrogen-bond acceptors (Lipinski definition) is 3. The van der Waals surface area contributed by atoms with E-state index >= 15 is 0 Å². The first-order valence-corrected chi connectivity index (χ1v) is 7.35. The Morgan fingerprint density at radius 2 is 1.90 bits per heavy atom. The number of hydrogen-bond donors (Lipinski definition) is 1. The summed E-state index contributed by atoms with van der Waals surface area (Å²) in [7, 11) is 0. The van der Waals surface area contributed by atoms with Gasteiger partial charge in [0.25, 0.3) is 5.91 Å². The maximum atomic E-state index is 12.3. The topological polar surface area (TPSA) is 45.2 Å². The van der Waals surface area contributed by atoms with Crippen LogP contribution in [0.15, 0.2) is 48.8 Å². The molecule has 2 heterocycles. The minimum atomic E-state index is 0.0864. The highest BCUT2D eigenvalue weighted by Gasteiger charge is 2.19. The number of carbonyl (C=O) groups is 1. The standard InChI is InChI=1S/C17H19N3O/c21-17(20-8-4-5-9-20)15-10-16(13-18-12-15)19-11-14-6-2-1-3-7-14/h1-3,6-7,10,12-13,19H,4-5,8-9,11H2. The summed E-state index contributed by atoms with van der Waals surface area (Å²) in [5.74, 6) is 0.0864. The van der Waals surface area contributed by atoms with Crippen LogP contribution in [-0.4, -0.2) is 28.9 Å². The molecule has 4 nitrogen and oxygen atoms in total. The maximum absolute atomic E-state index is 12.3. The summed E-state index contributed by atoms with van der Waals surface area (Å²) < 4.78 is 0. The first kappa shape index (κ1) is 13.6. The van der Waals surface area contributed by atoms with Crippen LogP contribution in [0, 0.1) is 0 Å². The fourth-order valence-electron chi connectivity index (χ4n) is 2.56. The SMILES string of the molecule is O=C(c1cncc(NCc2ccccc2)c1)N1CCCC1. The summed E-state index contributed by atoms with van der Waals surface area (Å²) in [6.45, 7) is 2.45. The van der Waals surface area contributed by atoms with Gasteiger partial charge in [-0.05, 0) is 24.5 Å². The lowest BCUT2D eigenvalue weighted by Crippen LogP contribution is -2.27. The second kappa shape index (κ2) is 6.39. The Bertz CT molecular complexity index is 606. The van der Waals surface area contributed by atoms with Gasteiger partial charge in [0.15, 0.2) is 0 Å². The van der Waals surface area contributed by atoms with E-state index in [0.29, 0.717) is 5.56 Å². The van der Waals surface area contributed by atoms with E-state index in [1.165, 1.54) is 5.56 Å². The number of carbonyl (C=O) groups excluding carboxylic acids is 1. The molecule has 1 aromatic heterocycles. The smallest absolute Gasteiger partial charge is 0.255 e. The molecule has 1 fully saturated rings. The number of likely N-dealkylation sites (tertiary alicyclic amines) is 1. The van der Waals surface area contributed by atoms with E-state index in [-0.39, 0.29) is 5.91 Å². The molecule has 1 aliphatic rings. The van der Waals surface area contributed by atoms with E-state index < -0.39 is 0 Å². The van der Waals surface area contributed by atoms with Gasteiger partial charge in [0.2, 0.25) is 0 Å². The molecule has 0 spiro atoms. The van der Waals surface area contributed by atoms with E-state index in [1.807, 2.05) is 29.2 Å². The molecule has 1 aliphatic heterocycles. The molecule has 0 bridgehead atoms. The molecule has 1 saturated heterocycles. The molecule has 0 atom stereocenters. The van der Waals surface area contributed by atoms with Gasteiger partial charge in [-0.25, -0.2) is 0 Å². The summed E-state index contributed by atoms with van der Waals surface area (Å²) in [6, 6.07) is 12.1. The van der Waals surface area contributed by atoms with Crippen molar-refractivity contribution in [3.63, 3.8) is 0 Å². The summed E-state index contributed by atoms with van der Waals surface area (Å²) in [5.41, 5.74) is 2.74. The third kappa shape index (κ3) is 3.40. The Morgan fingerprint density at radius 1 is 1.14 bits per heavy atom. The van der Waals surface area contributed by atoms with Gasteiger partial charge in [-0.2, -0.15) is 0 Å². The van der Waals surface area contributed by atoms with Crippen molar-refractivity contribution in [1.82, 2.24) is 9.88 Å². The van der Waals surface area contributed by atoms with Crippen LogP contribution in [0.5, 0.6) is 0 Å². The van der Waals surface area contributed by atoms with Crippen molar-refractivity contribution in [1.29, 1.82) is 0 Å². The van der Waals surface area contributed by atoms with E-state index in [2.05, 4.69) is 22.4 Å². The predicted octanol–water partition coefficient (Wildman–Crippen LogP) is 2.93. The van der Waals surface area contributed by atoms with Crippen molar-refractivity contribution in [2.45, 2.75) is 19.4 Å². The second-order valence-corrected chi connectivity index (χ2v) is 5.30. The average molecular weight is 281 g/mol. The fraction of sp³-hybridized carbons (Fsp3) is 0.294. The molecule has 21 heavy (non-hydrogen) atoms. The zero-order valence-electron chi connectivity index (χ0n) is 12.0. The number of nitrogens with one attached hydrogen (secondary N) is 1. The van der Waals surface area contributed by atoms with Crippen LogP contribution in [0.1, 0.15) is 28.8 Å². The molecule has 0 unspecified atom stereocenters. The van der Waals surface area contributed by atoms with Crippen LogP contribution in [0.2, 0.25) is 0 Å². The number of rotatable bonds is 4. The minimum Gasteiger partial charge on any atom is -0.380 e. The third-order valence-electron chi connectivity index (χ3n) is 3.72. The largest absolute Gasteiger partial charge is 0.380 e. The molecule has 0 radical (unpaired) electrons. The zero-order chi connectivity index (χ0) is 14.5. The van der Waals surface area contributed by atoms with Gasteiger partial charge in [0.05, 0.1) is 11.3 Å². The van der Waals surface area contributed by atoms with Gasteiger partial charge in [-0.3, -0.25) is 9.78 Å². The highest BCUT2D eigenvalue weighted by atomic mass is 16.2. The summed E-state index contributed by atoms with van der Waals surface area (Å²) >= 11 is 0. The first-order valence-electron chi connectivity index (χ1n) is 7.35. The van der Waals surface area contributed by atoms with Crippen LogP contribution in [-0.2, 0) is 6.54 Å². The summed E-state index contributed by atoms with van der Waals surface area (Å²) in [6.07, 6.45) is 5.61. The van der Waals surface area contributed by atoms with E-state index in [1.54, 1.807) is 12.4 Å².